The standard InChI is InChI=1S/C18H19N5O2/c1-12(14-9-5-6-10-20-14)21-18(25)15-11-16(17(19)24)23(22-15)13-7-3-2-4-8-13/h2-10,12,16H,11H2,1H3,(H2,19,24)(H,21,25)/t12-,16+/m1/s1. The molecule has 0 saturated heterocycles. The molecule has 0 radical (unpaired) electrons. The maximum Gasteiger partial charge on any atom is 0.268 e. The van der Waals surface area contributed by atoms with Crippen LogP contribution in [0.3, 0.4) is 0 Å². The Labute approximate surface area is 145 Å². The van der Waals surface area contributed by atoms with E-state index in [0.717, 1.165) is 5.69 Å². The van der Waals surface area contributed by atoms with Gasteiger partial charge in [0, 0.05) is 12.6 Å². The van der Waals surface area contributed by atoms with Crippen LogP contribution in [0.1, 0.15) is 25.1 Å². The van der Waals surface area contributed by atoms with Gasteiger partial charge < -0.3 is 11.1 Å². The molecule has 0 bridgehead atoms. The summed E-state index contributed by atoms with van der Waals surface area (Å²) in [6.07, 6.45) is 1.84. The number of nitrogens with zero attached hydrogens (tertiary/aromatic N) is 3. The molecular weight excluding hydrogens is 318 g/mol. The van der Waals surface area contributed by atoms with Crippen molar-refractivity contribution < 1.29 is 9.59 Å². The lowest BCUT2D eigenvalue weighted by atomic mass is 10.1. The molecule has 3 rings (SSSR count). The second kappa shape index (κ2) is 7.12. The number of primary amides is 1. The fourth-order valence-electron chi connectivity index (χ4n) is 2.67. The highest BCUT2D eigenvalue weighted by atomic mass is 16.2. The molecule has 7 heteroatoms. The summed E-state index contributed by atoms with van der Waals surface area (Å²) < 4.78 is 0. The zero-order valence-corrected chi connectivity index (χ0v) is 13.8. The molecule has 0 fully saturated rings. The minimum Gasteiger partial charge on any atom is -0.368 e. The first-order valence-electron chi connectivity index (χ1n) is 7.99. The average Bonchev–Trinajstić information content (AvgIpc) is 3.09. The Morgan fingerprint density at radius 1 is 1.20 bits per heavy atom. The van der Waals surface area contributed by atoms with Crippen molar-refractivity contribution in [2.45, 2.75) is 25.4 Å². The molecule has 1 aliphatic rings. The van der Waals surface area contributed by atoms with Gasteiger partial charge in [0.15, 0.2) is 0 Å². The second-order valence-electron chi connectivity index (χ2n) is 5.80. The van der Waals surface area contributed by atoms with E-state index in [1.807, 2.05) is 55.5 Å². The van der Waals surface area contributed by atoms with E-state index in [1.54, 1.807) is 6.20 Å². The zero-order chi connectivity index (χ0) is 17.8. The first kappa shape index (κ1) is 16.6. The van der Waals surface area contributed by atoms with E-state index in [0.29, 0.717) is 5.69 Å². The molecule has 2 aromatic rings. The summed E-state index contributed by atoms with van der Waals surface area (Å²) in [5.41, 5.74) is 7.22. The largest absolute Gasteiger partial charge is 0.368 e. The Bertz CT molecular complexity index is 792. The van der Waals surface area contributed by atoms with Gasteiger partial charge in [0.25, 0.3) is 5.91 Å². The third kappa shape index (κ3) is 3.65. The summed E-state index contributed by atoms with van der Waals surface area (Å²) >= 11 is 0. The van der Waals surface area contributed by atoms with Crippen LogP contribution in [0.25, 0.3) is 0 Å². The molecule has 7 nitrogen and oxygen atoms in total. The van der Waals surface area contributed by atoms with Gasteiger partial charge in [-0.15, -0.1) is 0 Å². The Morgan fingerprint density at radius 3 is 2.56 bits per heavy atom. The van der Waals surface area contributed by atoms with Crippen molar-refractivity contribution in [2.75, 3.05) is 5.01 Å². The van der Waals surface area contributed by atoms with Crippen LogP contribution < -0.4 is 16.1 Å². The van der Waals surface area contributed by atoms with Crippen LogP contribution in [0.5, 0.6) is 0 Å². The van der Waals surface area contributed by atoms with Gasteiger partial charge in [-0.05, 0) is 31.2 Å². The molecule has 2 amide bonds. The van der Waals surface area contributed by atoms with Crippen LogP contribution in [-0.2, 0) is 9.59 Å². The number of rotatable bonds is 5. The number of hydrazone groups is 1. The van der Waals surface area contributed by atoms with Crippen LogP contribution in [-0.4, -0.2) is 28.6 Å². The van der Waals surface area contributed by atoms with Crippen LogP contribution in [0.4, 0.5) is 5.69 Å². The lowest BCUT2D eigenvalue weighted by Gasteiger charge is -2.20. The number of carbonyl (C=O) groups is 2. The Balaban J connectivity index is 1.77. The fraction of sp³-hybridized carbons (Fsp3) is 0.222. The fourth-order valence-corrected chi connectivity index (χ4v) is 2.67. The van der Waals surface area contributed by atoms with Gasteiger partial charge in [0.05, 0.1) is 17.4 Å². The number of aromatic nitrogens is 1. The summed E-state index contributed by atoms with van der Waals surface area (Å²) in [5, 5.41) is 8.69. The number of carbonyl (C=O) groups excluding carboxylic acids is 2. The highest BCUT2D eigenvalue weighted by Gasteiger charge is 2.35. The molecule has 25 heavy (non-hydrogen) atoms. The van der Waals surface area contributed by atoms with Crippen LogP contribution in [0, 0.1) is 0 Å². The first-order valence-corrected chi connectivity index (χ1v) is 7.99. The van der Waals surface area contributed by atoms with E-state index in [4.69, 9.17) is 5.73 Å². The van der Waals surface area contributed by atoms with E-state index in [9.17, 15) is 9.59 Å². The molecule has 1 aromatic carbocycles. The maximum atomic E-state index is 12.5. The summed E-state index contributed by atoms with van der Waals surface area (Å²) in [7, 11) is 0. The summed E-state index contributed by atoms with van der Waals surface area (Å²) in [4.78, 5) is 28.5. The highest BCUT2D eigenvalue weighted by Crippen LogP contribution is 2.24. The second-order valence-corrected chi connectivity index (χ2v) is 5.80. The van der Waals surface area contributed by atoms with E-state index in [2.05, 4.69) is 15.4 Å². The smallest absolute Gasteiger partial charge is 0.268 e. The number of hydrogen-bond acceptors (Lipinski definition) is 5. The molecule has 2 heterocycles. The van der Waals surface area contributed by atoms with E-state index >= 15 is 0 Å². The molecule has 1 aromatic heterocycles. The zero-order valence-electron chi connectivity index (χ0n) is 13.8. The lowest BCUT2D eigenvalue weighted by Crippen LogP contribution is -2.40. The number of nitrogens with one attached hydrogen (secondary N) is 1. The topological polar surface area (TPSA) is 101 Å². The van der Waals surface area contributed by atoms with Crippen LogP contribution >= 0.6 is 0 Å². The van der Waals surface area contributed by atoms with Crippen LogP contribution in [0.15, 0.2) is 59.8 Å². The maximum absolute atomic E-state index is 12.5. The normalized spacial score (nSPS) is 17.7. The average molecular weight is 337 g/mol. The van der Waals surface area contributed by atoms with Gasteiger partial charge >= 0.3 is 0 Å². The van der Waals surface area contributed by atoms with Gasteiger partial charge in [0.2, 0.25) is 5.91 Å². The molecule has 2 atom stereocenters. The Morgan fingerprint density at radius 2 is 1.92 bits per heavy atom. The molecule has 3 N–H and O–H groups in total. The van der Waals surface area contributed by atoms with Crippen molar-refractivity contribution in [1.29, 1.82) is 0 Å². The van der Waals surface area contributed by atoms with Gasteiger partial charge in [0.1, 0.15) is 11.8 Å². The minimum atomic E-state index is -0.673. The number of para-hydroxylation sites is 1. The number of hydrogen-bond donors (Lipinski definition) is 2. The SMILES string of the molecule is C[C@@H](NC(=O)C1=NN(c2ccccc2)[C@H](C(N)=O)C1)c1ccccn1. The highest BCUT2D eigenvalue weighted by molar-refractivity contribution is 6.40. The van der Waals surface area contributed by atoms with E-state index in [1.165, 1.54) is 5.01 Å². The molecule has 0 saturated carbocycles. The van der Waals surface area contributed by atoms with Crippen molar-refractivity contribution in [3.8, 4) is 0 Å². The predicted octanol–water partition coefficient (Wildman–Crippen LogP) is 1.38. The van der Waals surface area contributed by atoms with Crippen LogP contribution in [0.2, 0.25) is 0 Å². The third-order valence-corrected chi connectivity index (χ3v) is 4.00. The third-order valence-electron chi connectivity index (χ3n) is 4.00. The van der Waals surface area contributed by atoms with Crippen molar-refractivity contribution >= 4 is 23.2 Å². The summed E-state index contributed by atoms with van der Waals surface area (Å²) in [6, 6.07) is 13.7. The van der Waals surface area contributed by atoms with Crippen molar-refractivity contribution in [1.82, 2.24) is 10.3 Å². The molecule has 0 unspecified atom stereocenters. The van der Waals surface area contributed by atoms with Gasteiger partial charge in [-0.3, -0.25) is 19.6 Å². The molecule has 0 spiro atoms. The predicted molar refractivity (Wildman–Crippen MR) is 94.8 cm³/mol. The van der Waals surface area contributed by atoms with E-state index in [-0.39, 0.29) is 24.1 Å². The Kier molecular flexibility index (Phi) is 4.74. The van der Waals surface area contributed by atoms with Crippen molar-refractivity contribution in [2.24, 2.45) is 10.8 Å². The Hall–Kier alpha value is -3.22. The summed E-state index contributed by atoms with van der Waals surface area (Å²) in [6.45, 7) is 1.84. The minimum absolute atomic E-state index is 0.172. The first-order chi connectivity index (χ1) is 12.1. The van der Waals surface area contributed by atoms with E-state index < -0.39 is 11.9 Å². The number of pyridine rings is 1. The van der Waals surface area contributed by atoms with Gasteiger partial charge in [-0.1, -0.05) is 24.3 Å². The number of benzene rings is 1. The van der Waals surface area contributed by atoms with Gasteiger partial charge in [-0.2, -0.15) is 5.10 Å². The van der Waals surface area contributed by atoms with Gasteiger partial charge in [-0.25, -0.2) is 0 Å². The molecular formula is C18H19N5O2. The number of anilines is 1. The molecule has 1 aliphatic heterocycles. The molecule has 0 aliphatic carbocycles. The monoisotopic (exact) mass is 337 g/mol. The lowest BCUT2D eigenvalue weighted by molar-refractivity contribution is -0.119. The van der Waals surface area contributed by atoms with Crippen molar-refractivity contribution in [3.05, 3.63) is 60.4 Å². The quantitative estimate of drug-likeness (QED) is 0.860. The van der Waals surface area contributed by atoms with Crippen molar-refractivity contribution in [3.63, 3.8) is 0 Å². The number of amides is 2. The summed E-state index contributed by atoms with van der Waals surface area (Å²) in [5.74, 6) is -0.851. The number of nitrogens with two attached hydrogens (primary N) is 1. The molecule has 128 valence electrons.